The molecule has 0 spiro atoms. The Balaban J connectivity index is 1.59. The number of pyridine rings is 2. The zero-order valence-corrected chi connectivity index (χ0v) is 16.7. The fraction of sp³-hybridized carbons (Fsp3) is 0.250. The number of amides is 2. The average molecular weight is 400 g/mol. The molecular weight excluding hydrogens is 376 g/mol. The van der Waals surface area contributed by atoms with Gasteiger partial charge in [-0.2, -0.15) is 0 Å². The molecule has 2 amide bonds. The molecule has 1 aliphatic rings. The van der Waals surface area contributed by atoms with Crippen molar-refractivity contribution in [2.45, 2.75) is 19.3 Å². The maximum Gasteiger partial charge on any atom is 0.272 e. The molecule has 0 saturated carbocycles. The molecule has 0 unspecified atom stereocenters. The minimum absolute atomic E-state index is 0.162. The van der Waals surface area contributed by atoms with Crippen molar-refractivity contribution >= 4 is 11.8 Å². The number of carbonyl (C=O) groups is 2. The number of nitrogens with two attached hydrogens (primary N) is 1. The molecule has 3 heterocycles. The van der Waals surface area contributed by atoms with Crippen molar-refractivity contribution in [2.24, 2.45) is 11.1 Å². The van der Waals surface area contributed by atoms with E-state index in [0.717, 1.165) is 23.1 Å². The highest BCUT2D eigenvalue weighted by atomic mass is 16.2. The van der Waals surface area contributed by atoms with E-state index in [2.05, 4.69) is 16.0 Å². The number of hydrogen-bond acceptors (Lipinski definition) is 4. The Bertz CT molecular complexity index is 1040. The van der Waals surface area contributed by atoms with E-state index in [1.807, 2.05) is 36.5 Å². The molecule has 2 N–H and O–H groups in total. The summed E-state index contributed by atoms with van der Waals surface area (Å²) in [5.74, 6) is -0.530. The lowest BCUT2D eigenvalue weighted by molar-refractivity contribution is -0.130. The highest BCUT2D eigenvalue weighted by Crippen LogP contribution is 2.35. The highest BCUT2D eigenvalue weighted by molar-refractivity contribution is 5.93. The van der Waals surface area contributed by atoms with E-state index in [9.17, 15) is 9.59 Å². The van der Waals surface area contributed by atoms with Crippen LogP contribution in [-0.4, -0.2) is 39.8 Å². The molecule has 2 aromatic heterocycles. The number of likely N-dealkylation sites (tertiary alicyclic amines) is 1. The Kier molecular flexibility index (Phi) is 5.57. The molecular formula is C24H24N4O2. The van der Waals surface area contributed by atoms with Crippen LogP contribution in [0.2, 0.25) is 0 Å². The average Bonchev–Trinajstić information content (AvgIpc) is 2.80. The number of piperidine rings is 1. The number of nitrogens with zero attached hydrogens (tertiary/aromatic N) is 3. The Morgan fingerprint density at radius 3 is 2.63 bits per heavy atom. The van der Waals surface area contributed by atoms with Gasteiger partial charge in [-0.15, -0.1) is 0 Å². The minimum atomic E-state index is -0.795. The van der Waals surface area contributed by atoms with Gasteiger partial charge in [0.15, 0.2) is 0 Å². The van der Waals surface area contributed by atoms with Gasteiger partial charge in [-0.1, -0.05) is 36.4 Å². The van der Waals surface area contributed by atoms with Gasteiger partial charge in [-0.05, 0) is 54.2 Å². The molecule has 1 aromatic carbocycles. The first-order chi connectivity index (χ1) is 14.6. The molecule has 6 nitrogen and oxygen atoms in total. The highest BCUT2D eigenvalue weighted by Gasteiger charge is 2.42. The van der Waals surface area contributed by atoms with Gasteiger partial charge in [0.2, 0.25) is 5.91 Å². The lowest BCUT2D eigenvalue weighted by Gasteiger charge is -2.40. The third kappa shape index (κ3) is 4.08. The van der Waals surface area contributed by atoms with Gasteiger partial charge in [0.05, 0.1) is 5.41 Å². The second-order valence-corrected chi connectivity index (χ2v) is 7.81. The van der Waals surface area contributed by atoms with Crippen LogP contribution in [0.25, 0.3) is 11.1 Å². The van der Waals surface area contributed by atoms with Gasteiger partial charge in [0, 0.05) is 31.7 Å². The number of rotatable bonds is 5. The molecule has 0 radical (unpaired) electrons. The lowest BCUT2D eigenvalue weighted by Crippen LogP contribution is -2.53. The minimum Gasteiger partial charge on any atom is -0.369 e. The van der Waals surface area contributed by atoms with Crippen molar-refractivity contribution in [1.82, 2.24) is 14.9 Å². The van der Waals surface area contributed by atoms with Gasteiger partial charge >= 0.3 is 0 Å². The first kappa shape index (κ1) is 19.8. The number of aromatic nitrogens is 2. The molecule has 1 fully saturated rings. The second kappa shape index (κ2) is 8.45. The van der Waals surface area contributed by atoms with Crippen molar-refractivity contribution < 1.29 is 9.59 Å². The Hall–Kier alpha value is -3.54. The van der Waals surface area contributed by atoms with Crippen LogP contribution in [0.15, 0.2) is 73.2 Å². The summed E-state index contributed by atoms with van der Waals surface area (Å²) in [4.78, 5) is 35.6. The molecule has 0 bridgehead atoms. The standard InChI is InChI=1S/C24H24N4O2/c25-23(30)24(10-5-13-28(17-24)22(29)21-9-1-2-12-27-21)15-18-6-3-7-19(14-18)20-8-4-11-26-16-20/h1-4,6-9,11-12,14,16H,5,10,13,15,17H2,(H2,25,30)/t24-/m1/s1. The first-order valence-electron chi connectivity index (χ1n) is 10.1. The summed E-state index contributed by atoms with van der Waals surface area (Å²) in [6.07, 6.45) is 7.03. The summed E-state index contributed by atoms with van der Waals surface area (Å²) in [7, 11) is 0. The Labute approximate surface area is 175 Å². The Morgan fingerprint density at radius 2 is 1.90 bits per heavy atom. The molecule has 6 heteroatoms. The maximum absolute atomic E-state index is 12.9. The van der Waals surface area contributed by atoms with Crippen LogP contribution in [-0.2, 0) is 11.2 Å². The number of primary amides is 1. The SMILES string of the molecule is NC(=O)[C@@]1(Cc2cccc(-c3cccnc3)c2)CCCN(C(=O)c2ccccn2)C1. The van der Waals surface area contributed by atoms with Crippen LogP contribution in [0.5, 0.6) is 0 Å². The van der Waals surface area contributed by atoms with Crippen molar-refractivity contribution in [1.29, 1.82) is 0 Å². The van der Waals surface area contributed by atoms with Crippen LogP contribution in [0.3, 0.4) is 0 Å². The van der Waals surface area contributed by atoms with Gasteiger partial charge in [0.1, 0.15) is 5.69 Å². The zero-order chi connectivity index (χ0) is 21.0. The van der Waals surface area contributed by atoms with Crippen LogP contribution in [0.1, 0.15) is 28.9 Å². The lowest BCUT2D eigenvalue weighted by atomic mass is 9.74. The van der Waals surface area contributed by atoms with Crippen LogP contribution < -0.4 is 5.73 Å². The molecule has 152 valence electrons. The fourth-order valence-electron chi connectivity index (χ4n) is 4.17. The van der Waals surface area contributed by atoms with Crippen molar-refractivity contribution in [3.8, 4) is 11.1 Å². The van der Waals surface area contributed by atoms with Crippen molar-refractivity contribution in [2.75, 3.05) is 13.1 Å². The van der Waals surface area contributed by atoms with Gasteiger partial charge in [-0.3, -0.25) is 19.6 Å². The number of hydrogen-bond donors (Lipinski definition) is 1. The molecule has 30 heavy (non-hydrogen) atoms. The molecule has 4 rings (SSSR count). The van der Waals surface area contributed by atoms with E-state index in [1.165, 1.54) is 0 Å². The first-order valence-corrected chi connectivity index (χ1v) is 10.1. The third-order valence-corrected chi connectivity index (χ3v) is 5.74. The van der Waals surface area contributed by atoms with Crippen LogP contribution in [0.4, 0.5) is 0 Å². The smallest absolute Gasteiger partial charge is 0.272 e. The summed E-state index contributed by atoms with van der Waals surface area (Å²) < 4.78 is 0. The monoisotopic (exact) mass is 400 g/mol. The quantitative estimate of drug-likeness (QED) is 0.713. The molecule has 3 aromatic rings. The fourth-order valence-corrected chi connectivity index (χ4v) is 4.17. The van der Waals surface area contributed by atoms with Gasteiger partial charge in [0.25, 0.3) is 5.91 Å². The van der Waals surface area contributed by atoms with Crippen molar-refractivity contribution in [3.63, 3.8) is 0 Å². The predicted octanol–water partition coefficient (Wildman–Crippen LogP) is 3.09. The van der Waals surface area contributed by atoms with Gasteiger partial charge in [-0.25, -0.2) is 0 Å². The zero-order valence-electron chi connectivity index (χ0n) is 16.7. The summed E-state index contributed by atoms with van der Waals surface area (Å²) in [6, 6.07) is 17.2. The predicted molar refractivity (Wildman–Crippen MR) is 114 cm³/mol. The van der Waals surface area contributed by atoms with E-state index in [4.69, 9.17) is 5.73 Å². The third-order valence-electron chi connectivity index (χ3n) is 5.74. The largest absolute Gasteiger partial charge is 0.369 e. The number of carbonyl (C=O) groups excluding carboxylic acids is 2. The van der Waals surface area contributed by atoms with E-state index >= 15 is 0 Å². The van der Waals surface area contributed by atoms with E-state index in [-0.39, 0.29) is 11.8 Å². The molecule has 1 aliphatic heterocycles. The summed E-state index contributed by atoms with van der Waals surface area (Å²) in [5, 5.41) is 0. The molecule has 1 atom stereocenters. The number of benzene rings is 1. The maximum atomic E-state index is 12.9. The summed E-state index contributed by atoms with van der Waals surface area (Å²) >= 11 is 0. The Morgan fingerprint density at radius 1 is 1.03 bits per heavy atom. The summed E-state index contributed by atoms with van der Waals surface area (Å²) in [5.41, 5.74) is 8.56. The van der Waals surface area contributed by atoms with Gasteiger partial charge < -0.3 is 10.6 Å². The van der Waals surface area contributed by atoms with E-state index in [1.54, 1.807) is 35.5 Å². The van der Waals surface area contributed by atoms with E-state index in [0.29, 0.717) is 31.6 Å². The summed E-state index contributed by atoms with van der Waals surface area (Å²) in [6.45, 7) is 0.898. The van der Waals surface area contributed by atoms with Crippen molar-refractivity contribution in [3.05, 3.63) is 84.4 Å². The second-order valence-electron chi connectivity index (χ2n) is 7.81. The molecule has 1 saturated heterocycles. The van der Waals surface area contributed by atoms with Crippen LogP contribution >= 0.6 is 0 Å². The molecule has 0 aliphatic carbocycles. The van der Waals surface area contributed by atoms with E-state index < -0.39 is 5.41 Å². The topological polar surface area (TPSA) is 89.2 Å². The normalized spacial score (nSPS) is 18.7. The van der Waals surface area contributed by atoms with Crippen LogP contribution in [0, 0.1) is 5.41 Å².